The molecule has 3 rings (SSSR count). The van der Waals surface area contributed by atoms with E-state index in [1.54, 1.807) is 5.48 Å². The van der Waals surface area contributed by atoms with Gasteiger partial charge in [-0.25, -0.2) is 13.9 Å². The molecule has 2 N–H and O–H groups in total. The molecule has 0 bridgehead atoms. The maximum absolute atomic E-state index is 13.5. The molecule has 172 valence electrons. The minimum Gasteiger partial charge on any atom is -0.481 e. The quantitative estimate of drug-likeness (QED) is 0.316. The molecule has 10 heteroatoms. The number of terminal acetylenes is 1. The Labute approximate surface area is 202 Å². The van der Waals surface area contributed by atoms with Crippen molar-refractivity contribution in [3.63, 3.8) is 0 Å². The van der Waals surface area contributed by atoms with Crippen molar-refractivity contribution in [3.05, 3.63) is 58.6 Å². The van der Waals surface area contributed by atoms with Crippen LogP contribution >= 0.6 is 28.3 Å². The predicted molar refractivity (Wildman–Crippen MR) is 127 cm³/mol. The Bertz CT molecular complexity index is 1060. The first-order valence-electron chi connectivity index (χ1n) is 9.65. The average molecular weight is 544 g/mol. The maximum atomic E-state index is 13.5. The Morgan fingerprint density at radius 2 is 1.75 bits per heavy atom. The SMILES string of the molecule is C#CCOc1ccc(S(=O)(=O)C2(C(=O)NO)CCN(Cc3ccc(Br)cc3)CC2)cc1.Cl. The third kappa shape index (κ3) is 5.45. The van der Waals surface area contributed by atoms with Crippen molar-refractivity contribution < 1.29 is 23.2 Å². The fourth-order valence-corrected chi connectivity index (χ4v) is 5.93. The van der Waals surface area contributed by atoms with Crippen LogP contribution in [0.4, 0.5) is 0 Å². The van der Waals surface area contributed by atoms with Gasteiger partial charge in [-0.1, -0.05) is 34.0 Å². The number of piperidine rings is 1. The normalized spacial score (nSPS) is 15.8. The summed E-state index contributed by atoms with van der Waals surface area (Å²) in [6.07, 6.45) is 5.29. The topological polar surface area (TPSA) is 95.9 Å². The lowest BCUT2D eigenvalue weighted by Gasteiger charge is -2.39. The average Bonchev–Trinajstić information content (AvgIpc) is 2.79. The van der Waals surface area contributed by atoms with Gasteiger partial charge in [-0.05, 0) is 54.8 Å². The van der Waals surface area contributed by atoms with E-state index in [4.69, 9.17) is 11.2 Å². The fraction of sp³-hybridized carbons (Fsp3) is 0.318. The van der Waals surface area contributed by atoms with E-state index in [1.165, 1.54) is 24.3 Å². The largest absolute Gasteiger partial charge is 0.481 e. The van der Waals surface area contributed by atoms with Crippen LogP contribution < -0.4 is 10.2 Å². The molecule has 0 radical (unpaired) electrons. The zero-order chi connectivity index (χ0) is 22.5. The van der Waals surface area contributed by atoms with E-state index in [0.29, 0.717) is 25.4 Å². The van der Waals surface area contributed by atoms with Crippen LogP contribution in [-0.2, 0) is 21.2 Å². The minimum atomic E-state index is -4.07. The first kappa shape index (κ1) is 26.2. The molecule has 1 saturated heterocycles. The highest BCUT2D eigenvalue weighted by Crippen LogP contribution is 2.37. The van der Waals surface area contributed by atoms with Gasteiger partial charge in [0.15, 0.2) is 14.6 Å². The van der Waals surface area contributed by atoms with Crippen molar-refractivity contribution >= 4 is 44.1 Å². The van der Waals surface area contributed by atoms with Crippen molar-refractivity contribution in [2.45, 2.75) is 29.0 Å². The van der Waals surface area contributed by atoms with E-state index in [9.17, 15) is 18.4 Å². The van der Waals surface area contributed by atoms with Crippen LogP contribution in [0.5, 0.6) is 5.75 Å². The van der Waals surface area contributed by atoms with Crippen LogP contribution in [0.15, 0.2) is 57.9 Å². The minimum absolute atomic E-state index is 0. The van der Waals surface area contributed by atoms with Crippen molar-refractivity contribution in [1.82, 2.24) is 10.4 Å². The van der Waals surface area contributed by atoms with Crippen LogP contribution in [0, 0.1) is 12.3 Å². The Morgan fingerprint density at radius 1 is 1.16 bits per heavy atom. The standard InChI is InChI=1S/C22H23BrN2O5S.ClH/c1-2-15-30-19-7-9-20(10-8-19)31(28,29)22(21(26)24-27)11-13-25(14-12-22)16-17-3-5-18(23)6-4-17;/h1,3-10,27H,11-16H2,(H,24,26);1H. The van der Waals surface area contributed by atoms with Gasteiger partial charge < -0.3 is 4.74 Å². The molecule has 0 aliphatic carbocycles. The summed E-state index contributed by atoms with van der Waals surface area (Å²) >= 11 is 3.41. The summed E-state index contributed by atoms with van der Waals surface area (Å²) in [5, 5.41) is 9.31. The molecule has 2 aromatic rings. The molecule has 1 aliphatic heterocycles. The Kier molecular flexibility index (Phi) is 9.13. The molecule has 1 amide bonds. The third-order valence-corrected chi connectivity index (χ3v) is 8.51. The highest BCUT2D eigenvalue weighted by atomic mass is 79.9. The number of amides is 1. The van der Waals surface area contributed by atoms with Crippen molar-refractivity contribution in [2.75, 3.05) is 19.7 Å². The van der Waals surface area contributed by atoms with E-state index in [0.717, 1.165) is 10.0 Å². The first-order chi connectivity index (χ1) is 14.8. The van der Waals surface area contributed by atoms with E-state index in [2.05, 4.69) is 26.8 Å². The monoisotopic (exact) mass is 542 g/mol. The van der Waals surface area contributed by atoms with Gasteiger partial charge in [-0.2, -0.15) is 0 Å². The molecule has 0 spiro atoms. The second kappa shape index (κ2) is 11.2. The molecule has 1 fully saturated rings. The first-order valence-corrected chi connectivity index (χ1v) is 11.9. The van der Waals surface area contributed by atoms with E-state index < -0.39 is 20.5 Å². The van der Waals surface area contributed by atoms with Gasteiger partial charge in [-0.3, -0.25) is 14.9 Å². The van der Waals surface area contributed by atoms with E-state index in [1.807, 2.05) is 24.3 Å². The van der Waals surface area contributed by atoms with Gasteiger partial charge in [0, 0.05) is 24.1 Å². The molecule has 0 atom stereocenters. The summed E-state index contributed by atoms with van der Waals surface area (Å²) in [4.78, 5) is 14.7. The molecular weight excluding hydrogens is 520 g/mol. The molecule has 2 aromatic carbocycles. The number of ether oxygens (including phenoxy) is 1. The molecule has 1 heterocycles. The number of carbonyl (C=O) groups excluding carboxylic acids is 1. The number of rotatable bonds is 7. The number of hydroxylamine groups is 1. The number of benzene rings is 2. The second-order valence-corrected chi connectivity index (χ2v) is 10.5. The van der Waals surface area contributed by atoms with Crippen LogP contribution in [0.3, 0.4) is 0 Å². The molecule has 0 unspecified atom stereocenters. The van der Waals surface area contributed by atoms with Gasteiger partial charge in [0.25, 0.3) is 5.91 Å². The van der Waals surface area contributed by atoms with E-state index in [-0.39, 0.29) is 36.8 Å². The van der Waals surface area contributed by atoms with Gasteiger partial charge in [0.1, 0.15) is 12.4 Å². The number of nitrogens with one attached hydrogen (secondary N) is 1. The van der Waals surface area contributed by atoms with Crippen molar-refractivity contribution in [2.24, 2.45) is 0 Å². The molecular formula is C22H24BrClN2O5S. The molecule has 1 aliphatic rings. The summed E-state index contributed by atoms with van der Waals surface area (Å²) in [5.74, 6) is 1.86. The Balaban J connectivity index is 0.00000363. The summed E-state index contributed by atoms with van der Waals surface area (Å²) < 4.78 is 31.4. The number of halogens is 2. The van der Waals surface area contributed by atoms with Crippen molar-refractivity contribution in [1.29, 1.82) is 0 Å². The molecule has 0 aromatic heterocycles. The summed E-state index contributed by atoms with van der Waals surface area (Å²) in [6, 6.07) is 13.7. The number of likely N-dealkylation sites (tertiary alicyclic amines) is 1. The maximum Gasteiger partial charge on any atom is 0.265 e. The van der Waals surface area contributed by atoms with Gasteiger partial charge in [0.05, 0.1) is 4.90 Å². The highest BCUT2D eigenvalue weighted by molar-refractivity contribution is 9.10. The zero-order valence-electron chi connectivity index (χ0n) is 17.2. The lowest BCUT2D eigenvalue weighted by atomic mass is 9.94. The summed E-state index contributed by atoms with van der Waals surface area (Å²) in [5.41, 5.74) is 2.66. The number of hydrogen-bond acceptors (Lipinski definition) is 6. The predicted octanol–water partition coefficient (Wildman–Crippen LogP) is 3.20. The van der Waals surface area contributed by atoms with Crippen LogP contribution in [0.1, 0.15) is 18.4 Å². The molecule has 32 heavy (non-hydrogen) atoms. The van der Waals surface area contributed by atoms with Crippen molar-refractivity contribution in [3.8, 4) is 18.1 Å². The summed E-state index contributed by atoms with van der Waals surface area (Å²) in [6.45, 7) is 1.50. The van der Waals surface area contributed by atoms with Crippen LogP contribution in [0.2, 0.25) is 0 Å². The van der Waals surface area contributed by atoms with Gasteiger partial charge in [0.2, 0.25) is 0 Å². The third-order valence-electron chi connectivity index (χ3n) is 5.47. The molecule has 0 saturated carbocycles. The lowest BCUT2D eigenvalue weighted by molar-refractivity contribution is -0.133. The van der Waals surface area contributed by atoms with Gasteiger partial charge in [-0.15, -0.1) is 18.8 Å². The highest BCUT2D eigenvalue weighted by Gasteiger charge is 2.52. The number of nitrogens with zero attached hydrogens (tertiary/aromatic N) is 1. The lowest BCUT2D eigenvalue weighted by Crippen LogP contribution is -2.57. The fourth-order valence-electron chi connectivity index (χ4n) is 3.71. The second-order valence-electron chi connectivity index (χ2n) is 7.31. The Hall–Kier alpha value is -2.09. The zero-order valence-corrected chi connectivity index (χ0v) is 20.4. The number of carbonyl (C=O) groups is 1. The molecule has 7 nitrogen and oxygen atoms in total. The number of hydrogen-bond donors (Lipinski definition) is 2. The van der Waals surface area contributed by atoms with Crippen LogP contribution in [-0.4, -0.2) is 48.9 Å². The van der Waals surface area contributed by atoms with E-state index >= 15 is 0 Å². The van der Waals surface area contributed by atoms with Gasteiger partial charge >= 0.3 is 0 Å². The summed E-state index contributed by atoms with van der Waals surface area (Å²) in [7, 11) is -4.07. The smallest absolute Gasteiger partial charge is 0.265 e. The van der Waals surface area contributed by atoms with Crippen LogP contribution in [0.25, 0.3) is 0 Å². The number of sulfone groups is 1. The Morgan fingerprint density at radius 3 is 2.28 bits per heavy atom.